The Bertz CT molecular complexity index is 330. The molecule has 0 bridgehead atoms. The van der Waals surface area contributed by atoms with E-state index in [-0.39, 0.29) is 0 Å². The van der Waals surface area contributed by atoms with Crippen molar-refractivity contribution in [3.63, 3.8) is 0 Å². The van der Waals surface area contributed by atoms with Gasteiger partial charge in [-0.25, -0.2) is 9.78 Å². The first-order chi connectivity index (χ1) is 6.70. The summed E-state index contributed by atoms with van der Waals surface area (Å²) in [7, 11) is 1.42. The number of hydrogen-bond donors (Lipinski definition) is 2. The van der Waals surface area contributed by atoms with Crippen molar-refractivity contribution in [3.8, 4) is 0 Å². The summed E-state index contributed by atoms with van der Waals surface area (Å²) in [6.07, 6.45) is 4.15. The zero-order valence-electron chi connectivity index (χ0n) is 7.86. The number of nitrogens with one attached hydrogen (secondary N) is 1. The number of carboxylic acid groups (broad SMARTS) is 1. The summed E-state index contributed by atoms with van der Waals surface area (Å²) in [6.45, 7) is 0. The fourth-order valence-electron chi connectivity index (χ4n) is 1.86. The highest BCUT2D eigenvalue weighted by Crippen LogP contribution is 2.50. The number of rotatable bonds is 4. The second-order valence-corrected chi connectivity index (χ2v) is 3.55. The molecule has 0 aliphatic heterocycles. The zero-order valence-corrected chi connectivity index (χ0v) is 7.86. The molecular formula is C9H12N2O3. The first kappa shape index (κ1) is 9.21. The van der Waals surface area contributed by atoms with Crippen molar-refractivity contribution in [3.05, 3.63) is 18.2 Å². The molecule has 5 heteroatoms. The minimum Gasteiger partial charge on any atom is -0.479 e. The van der Waals surface area contributed by atoms with Gasteiger partial charge in [0.15, 0.2) is 6.10 Å². The zero-order chi connectivity index (χ0) is 10.2. The molecule has 0 spiro atoms. The van der Waals surface area contributed by atoms with Crippen molar-refractivity contribution in [1.82, 2.24) is 9.97 Å². The van der Waals surface area contributed by atoms with Crippen LogP contribution in [0.2, 0.25) is 0 Å². The SMILES string of the molecule is COC(C(=O)O)C1(c2ncc[nH]2)CC1. The number of H-pyrrole nitrogens is 1. The van der Waals surface area contributed by atoms with Gasteiger partial charge in [-0.2, -0.15) is 0 Å². The Hall–Kier alpha value is -1.36. The van der Waals surface area contributed by atoms with Crippen molar-refractivity contribution in [2.24, 2.45) is 0 Å². The van der Waals surface area contributed by atoms with E-state index in [1.165, 1.54) is 7.11 Å². The van der Waals surface area contributed by atoms with Gasteiger partial charge in [-0.3, -0.25) is 0 Å². The number of hydrogen-bond acceptors (Lipinski definition) is 3. The molecule has 14 heavy (non-hydrogen) atoms. The lowest BCUT2D eigenvalue weighted by Gasteiger charge is -2.19. The summed E-state index contributed by atoms with van der Waals surface area (Å²) in [4.78, 5) is 18.0. The van der Waals surface area contributed by atoms with Crippen molar-refractivity contribution < 1.29 is 14.6 Å². The van der Waals surface area contributed by atoms with Crippen LogP contribution < -0.4 is 0 Å². The second-order valence-electron chi connectivity index (χ2n) is 3.55. The molecule has 2 N–H and O–H groups in total. The number of imidazole rings is 1. The smallest absolute Gasteiger partial charge is 0.333 e. The lowest BCUT2D eigenvalue weighted by Crippen LogP contribution is -2.36. The molecule has 1 fully saturated rings. The van der Waals surface area contributed by atoms with Gasteiger partial charge in [0, 0.05) is 19.5 Å². The Kier molecular flexibility index (Phi) is 2.03. The second kappa shape index (κ2) is 3.09. The standard InChI is InChI=1S/C9H12N2O3/c1-14-6(7(12)13)9(2-3-9)8-10-4-5-11-8/h4-6H,2-3H2,1H3,(H,10,11)(H,12,13). The van der Waals surface area contributed by atoms with E-state index >= 15 is 0 Å². The molecule has 1 aromatic heterocycles. The van der Waals surface area contributed by atoms with Crippen LogP contribution in [0.25, 0.3) is 0 Å². The normalized spacial score (nSPS) is 20.4. The fraction of sp³-hybridized carbons (Fsp3) is 0.556. The van der Waals surface area contributed by atoms with Gasteiger partial charge in [-0.1, -0.05) is 0 Å². The highest BCUT2D eigenvalue weighted by atomic mass is 16.5. The number of aromatic amines is 1. The van der Waals surface area contributed by atoms with Gasteiger partial charge >= 0.3 is 5.97 Å². The van der Waals surface area contributed by atoms with E-state index in [0.717, 1.165) is 12.8 Å². The molecule has 1 aromatic rings. The lowest BCUT2D eigenvalue weighted by atomic mass is 9.98. The lowest BCUT2D eigenvalue weighted by molar-refractivity contribution is -0.150. The van der Waals surface area contributed by atoms with Gasteiger partial charge < -0.3 is 14.8 Å². The number of aromatic nitrogens is 2. The summed E-state index contributed by atoms with van der Waals surface area (Å²) in [5.74, 6) is -0.215. The van der Waals surface area contributed by atoms with E-state index in [2.05, 4.69) is 9.97 Å². The topological polar surface area (TPSA) is 75.2 Å². The van der Waals surface area contributed by atoms with Gasteiger partial charge in [0.25, 0.3) is 0 Å². The van der Waals surface area contributed by atoms with Crippen molar-refractivity contribution in [2.75, 3.05) is 7.11 Å². The first-order valence-corrected chi connectivity index (χ1v) is 4.46. The molecule has 0 saturated heterocycles. The highest BCUT2D eigenvalue weighted by Gasteiger charge is 2.56. The fourth-order valence-corrected chi connectivity index (χ4v) is 1.86. The molecule has 1 aliphatic rings. The molecular weight excluding hydrogens is 184 g/mol. The Morgan fingerprint density at radius 3 is 2.86 bits per heavy atom. The van der Waals surface area contributed by atoms with E-state index in [4.69, 9.17) is 9.84 Å². The number of ether oxygens (including phenoxy) is 1. The third-order valence-electron chi connectivity index (χ3n) is 2.72. The summed E-state index contributed by atoms with van der Waals surface area (Å²) in [6, 6.07) is 0. The van der Waals surface area contributed by atoms with Crippen LogP contribution in [0.1, 0.15) is 18.7 Å². The summed E-state index contributed by atoms with van der Waals surface area (Å²) < 4.78 is 5.00. The van der Waals surface area contributed by atoms with Crippen LogP contribution in [-0.4, -0.2) is 34.3 Å². The molecule has 1 aliphatic carbocycles. The number of carboxylic acids is 1. The third-order valence-corrected chi connectivity index (χ3v) is 2.72. The van der Waals surface area contributed by atoms with Crippen LogP contribution in [-0.2, 0) is 14.9 Å². The number of carbonyl (C=O) groups is 1. The van der Waals surface area contributed by atoms with E-state index in [1.54, 1.807) is 12.4 Å². The van der Waals surface area contributed by atoms with Crippen molar-refractivity contribution in [1.29, 1.82) is 0 Å². The third kappa shape index (κ3) is 1.21. The Morgan fingerprint density at radius 1 is 1.79 bits per heavy atom. The van der Waals surface area contributed by atoms with Crippen LogP contribution >= 0.6 is 0 Å². The van der Waals surface area contributed by atoms with Crippen molar-refractivity contribution in [2.45, 2.75) is 24.4 Å². The van der Waals surface area contributed by atoms with Gasteiger partial charge in [0.05, 0.1) is 5.41 Å². The molecule has 0 radical (unpaired) electrons. The highest BCUT2D eigenvalue weighted by molar-refractivity contribution is 5.75. The Balaban J connectivity index is 2.28. The van der Waals surface area contributed by atoms with Crippen LogP contribution in [0.4, 0.5) is 0 Å². The minimum absolute atomic E-state index is 0.427. The predicted octanol–water partition coefficient (Wildman–Crippen LogP) is 0.541. The molecule has 1 unspecified atom stereocenters. The van der Waals surface area contributed by atoms with Crippen LogP contribution in [0.15, 0.2) is 12.4 Å². The molecule has 1 heterocycles. The quantitative estimate of drug-likeness (QED) is 0.737. The maximum atomic E-state index is 10.9. The van der Waals surface area contributed by atoms with E-state index in [0.29, 0.717) is 5.82 Å². The van der Waals surface area contributed by atoms with Crippen LogP contribution in [0.5, 0.6) is 0 Å². The van der Waals surface area contributed by atoms with Crippen LogP contribution in [0.3, 0.4) is 0 Å². The maximum Gasteiger partial charge on any atom is 0.333 e. The van der Waals surface area contributed by atoms with Crippen molar-refractivity contribution >= 4 is 5.97 Å². The largest absolute Gasteiger partial charge is 0.479 e. The van der Waals surface area contributed by atoms with E-state index in [1.807, 2.05) is 0 Å². The molecule has 1 atom stereocenters. The number of methoxy groups -OCH3 is 1. The van der Waals surface area contributed by atoms with Gasteiger partial charge in [-0.15, -0.1) is 0 Å². The number of nitrogens with zero attached hydrogens (tertiary/aromatic N) is 1. The average Bonchev–Trinajstić information content (AvgIpc) is 2.76. The van der Waals surface area contributed by atoms with Crippen LogP contribution in [0, 0.1) is 0 Å². The summed E-state index contributed by atoms with van der Waals surface area (Å²) >= 11 is 0. The molecule has 76 valence electrons. The minimum atomic E-state index is -0.929. The van der Waals surface area contributed by atoms with Gasteiger partial charge in [-0.05, 0) is 12.8 Å². The monoisotopic (exact) mass is 196 g/mol. The molecule has 2 rings (SSSR count). The molecule has 1 saturated carbocycles. The van der Waals surface area contributed by atoms with E-state index < -0.39 is 17.5 Å². The van der Waals surface area contributed by atoms with Gasteiger partial charge in [0.1, 0.15) is 5.82 Å². The maximum absolute atomic E-state index is 10.9. The average molecular weight is 196 g/mol. The first-order valence-electron chi connectivity index (χ1n) is 4.46. The Labute approximate surface area is 81.1 Å². The molecule has 0 aromatic carbocycles. The Morgan fingerprint density at radius 2 is 2.50 bits per heavy atom. The van der Waals surface area contributed by atoms with Gasteiger partial charge in [0.2, 0.25) is 0 Å². The number of aliphatic carboxylic acids is 1. The van der Waals surface area contributed by atoms with E-state index in [9.17, 15) is 4.79 Å². The summed E-state index contributed by atoms with van der Waals surface area (Å²) in [5, 5.41) is 8.98. The summed E-state index contributed by atoms with van der Waals surface area (Å²) in [5.41, 5.74) is -0.427. The molecule has 5 nitrogen and oxygen atoms in total. The molecule has 0 amide bonds. The predicted molar refractivity (Wildman–Crippen MR) is 47.9 cm³/mol.